The number of rotatable bonds is 6. The van der Waals surface area contributed by atoms with Gasteiger partial charge in [0.1, 0.15) is 5.69 Å². The van der Waals surface area contributed by atoms with Gasteiger partial charge in [-0.3, -0.25) is 0 Å². The molecule has 0 saturated heterocycles. The van der Waals surface area contributed by atoms with Crippen molar-refractivity contribution in [1.82, 2.24) is 14.4 Å². The summed E-state index contributed by atoms with van der Waals surface area (Å²) < 4.78 is 32.3. The lowest BCUT2D eigenvalue weighted by molar-refractivity contribution is 0.404. The highest BCUT2D eigenvalue weighted by Crippen LogP contribution is 2.25. The third-order valence-electron chi connectivity index (χ3n) is 3.55. The average molecular weight is 349 g/mol. The molecule has 7 heteroatoms. The van der Waals surface area contributed by atoms with Crippen LogP contribution in [0.3, 0.4) is 0 Å². The number of benzene rings is 1. The van der Waals surface area contributed by atoms with E-state index >= 15 is 0 Å². The summed E-state index contributed by atoms with van der Waals surface area (Å²) in [5.74, 6) is 0.233. The van der Waals surface area contributed by atoms with Crippen LogP contribution in [0.4, 0.5) is 0 Å². The van der Waals surface area contributed by atoms with Crippen molar-refractivity contribution in [2.24, 2.45) is 0 Å². The van der Waals surface area contributed by atoms with Crippen molar-refractivity contribution in [3.8, 4) is 0 Å². The van der Waals surface area contributed by atoms with Gasteiger partial charge < -0.3 is 9.42 Å². The zero-order valence-electron chi connectivity index (χ0n) is 14.6. The fraction of sp³-hybridized carbons (Fsp3) is 0.353. The number of hydrogen-bond acceptors (Lipinski definition) is 5. The van der Waals surface area contributed by atoms with E-state index in [4.69, 9.17) is 4.52 Å². The molecule has 1 aromatic heterocycles. The second-order valence-corrected chi connectivity index (χ2v) is 7.97. The van der Waals surface area contributed by atoms with E-state index in [2.05, 4.69) is 5.16 Å². The minimum atomic E-state index is -3.71. The Hall–Kier alpha value is -2.12. The predicted molar refractivity (Wildman–Crippen MR) is 93.8 cm³/mol. The molecule has 2 rings (SSSR count). The normalized spacial score (nSPS) is 12.2. The number of aromatic nitrogens is 1. The lowest BCUT2D eigenvalue weighted by Crippen LogP contribution is -2.27. The highest BCUT2D eigenvalue weighted by atomic mass is 32.2. The van der Waals surface area contributed by atoms with Crippen molar-refractivity contribution < 1.29 is 12.9 Å². The third kappa shape index (κ3) is 4.04. The molecule has 0 unspecified atom stereocenters. The van der Waals surface area contributed by atoms with Crippen LogP contribution in [0.15, 0.2) is 39.9 Å². The van der Waals surface area contributed by atoms with E-state index in [1.54, 1.807) is 31.1 Å². The monoisotopic (exact) mass is 349 g/mol. The van der Waals surface area contributed by atoms with Crippen LogP contribution in [0.1, 0.15) is 22.6 Å². The number of hydrogen-bond donors (Lipinski definition) is 0. The van der Waals surface area contributed by atoms with Gasteiger partial charge in [-0.1, -0.05) is 35.0 Å². The summed E-state index contributed by atoms with van der Waals surface area (Å²) in [6, 6.07) is 7.78. The van der Waals surface area contributed by atoms with Crippen LogP contribution in [0.25, 0.3) is 6.08 Å². The van der Waals surface area contributed by atoms with Crippen molar-refractivity contribution in [3.63, 3.8) is 0 Å². The molecule has 0 amide bonds. The first-order chi connectivity index (χ1) is 11.2. The molecular weight excluding hydrogens is 326 g/mol. The van der Waals surface area contributed by atoms with Crippen molar-refractivity contribution in [1.29, 1.82) is 0 Å². The molecule has 0 fully saturated rings. The zero-order valence-corrected chi connectivity index (χ0v) is 15.5. The maximum Gasteiger partial charge on any atom is 0.248 e. The average Bonchev–Trinajstić information content (AvgIpc) is 2.89. The number of nitrogens with zero attached hydrogens (tertiary/aromatic N) is 3. The molecule has 0 radical (unpaired) electrons. The molecule has 2 aromatic rings. The molecule has 0 atom stereocenters. The van der Waals surface area contributed by atoms with Gasteiger partial charge in [0.25, 0.3) is 0 Å². The molecule has 0 aliphatic heterocycles. The van der Waals surface area contributed by atoms with E-state index in [1.807, 2.05) is 45.3 Å². The quantitative estimate of drug-likeness (QED) is 0.802. The highest BCUT2D eigenvalue weighted by molar-refractivity contribution is 7.89. The molecular formula is C17H23N3O3S. The van der Waals surface area contributed by atoms with Gasteiger partial charge in [0.2, 0.25) is 10.0 Å². The molecule has 24 heavy (non-hydrogen) atoms. The Bertz CT molecular complexity index is 821. The SMILES string of the molecule is Cc1ccc(CN(C)S(=O)(=O)c2c(C)noc2/C=C/N(C)C)cc1. The summed E-state index contributed by atoms with van der Waals surface area (Å²) in [6.07, 6.45) is 3.32. The fourth-order valence-electron chi connectivity index (χ4n) is 2.21. The van der Waals surface area contributed by atoms with Crippen LogP contribution < -0.4 is 0 Å². The number of sulfonamides is 1. The summed E-state index contributed by atoms with van der Waals surface area (Å²) in [6.45, 7) is 3.90. The lowest BCUT2D eigenvalue weighted by atomic mass is 10.1. The van der Waals surface area contributed by atoms with Gasteiger partial charge in [-0.2, -0.15) is 4.31 Å². The van der Waals surface area contributed by atoms with E-state index in [1.165, 1.54) is 4.31 Å². The standard InChI is InChI=1S/C17H23N3O3S/c1-13-6-8-15(9-7-13)12-20(5)24(21,22)17-14(2)18-23-16(17)10-11-19(3)4/h6-11H,12H2,1-5H3/b11-10+. The van der Waals surface area contributed by atoms with Crippen molar-refractivity contribution in [2.75, 3.05) is 21.1 Å². The van der Waals surface area contributed by atoms with Crippen molar-refractivity contribution in [3.05, 3.63) is 53.0 Å². The molecule has 1 heterocycles. The summed E-state index contributed by atoms with van der Waals surface area (Å²) in [5, 5.41) is 3.81. The Kier molecular flexibility index (Phi) is 5.46. The Morgan fingerprint density at radius 2 is 1.75 bits per heavy atom. The van der Waals surface area contributed by atoms with E-state index in [0.717, 1.165) is 11.1 Å². The molecule has 1 aromatic carbocycles. The van der Waals surface area contributed by atoms with E-state index < -0.39 is 10.0 Å². The first-order valence-corrected chi connectivity index (χ1v) is 8.98. The van der Waals surface area contributed by atoms with Crippen LogP contribution in [-0.4, -0.2) is 43.9 Å². The van der Waals surface area contributed by atoms with Crippen molar-refractivity contribution >= 4 is 16.1 Å². The van der Waals surface area contributed by atoms with Gasteiger partial charge in [-0.25, -0.2) is 8.42 Å². The zero-order chi connectivity index (χ0) is 17.9. The summed E-state index contributed by atoms with van der Waals surface area (Å²) in [5.41, 5.74) is 2.41. The topological polar surface area (TPSA) is 66.7 Å². The summed E-state index contributed by atoms with van der Waals surface area (Å²) in [4.78, 5) is 1.90. The number of aryl methyl sites for hydroxylation is 2. The second kappa shape index (κ2) is 7.19. The Morgan fingerprint density at radius 3 is 2.33 bits per heavy atom. The van der Waals surface area contributed by atoms with E-state index in [0.29, 0.717) is 5.69 Å². The van der Waals surface area contributed by atoms with Crippen LogP contribution in [-0.2, 0) is 16.6 Å². The largest absolute Gasteiger partial charge is 0.383 e. The smallest absolute Gasteiger partial charge is 0.248 e. The van der Waals surface area contributed by atoms with Crippen LogP contribution in [0, 0.1) is 13.8 Å². The Labute approximate surface area is 143 Å². The second-order valence-electron chi connectivity index (χ2n) is 5.99. The van der Waals surface area contributed by atoms with E-state index in [-0.39, 0.29) is 17.2 Å². The maximum atomic E-state index is 12.9. The van der Waals surface area contributed by atoms with Gasteiger partial charge in [0.15, 0.2) is 10.7 Å². The fourth-order valence-corrected chi connectivity index (χ4v) is 3.61. The highest BCUT2D eigenvalue weighted by Gasteiger charge is 2.29. The predicted octanol–water partition coefficient (Wildman–Crippen LogP) is 2.64. The van der Waals surface area contributed by atoms with Gasteiger partial charge in [-0.05, 0) is 19.4 Å². The van der Waals surface area contributed by atoms with Gasteiger partial charge in [0, 0.05) is 40.0 Å². The first kappa shape index (κ1) is 18.2. The maximum absolute atomic E-state index is 12.9. The molecule has 0 spiro atoms. The lowest BCUT2D eigenvalue weighted by Gasteiger charge is -2.17. The van der Waals surface area contributed by atoms with E-state index in [9.17, 15) is 8.42 Å². The Balaban J connectivity index is 2.32. The molecule has 0 aliphatic rings. The molecule has 0 bridgehead atoms. The summed E-state index contributed by atoms with van der Waals surface area (Å²) in [7, 11) is 1.54. The van der Waals surface area contributed by atoms with Crippen LogP contribution in [0.2, 0.25) is 0 Å². The summed E-state index contributed by atoms with van der Waals surface area (Å²) >= 11 is 0. The van der Waals surface area contributed by atoms with Gasteiger partial charge >= 0.3 is 0 Å². The first-order valence-electron chi connectivity index (χ1n) is 7.54. The van der Waals surface area contributed by atoms with Crippen molar-refractivity contribution in [2.45, 2.75) is 25.3 Å². The minimum absolute atomic E-state index is 0.107. The van der Waals surface area contributed by atoms with Crippen LogP contribution in [0.5, 0.6) is 0 Å². The molecule has 0 aliphatic carbocycles. The molecule has 0 saturated carbocycles. The molecule has 6 nitrogen and oxygen atoms in total. The van der Waals surface area contributed by atoms with Crippen LogP contribution >= 0.6 is 0 Å². The molecule has 0 N–H and O–H groups in total. The Morgan fingerprint density at radius 1 is 1.12 bits per heavy atom. The van der Waals surface area contributed by atoms with Gasteiger partial charge in [-0.15, -0.1) is 0 Å². The van der Waals surface area contributed by atoms with Gasteiger partial charge in [0.05, 0.1) is 0 Å². The third-order valence-corrected chi connectivity index (χ3v) is 5.51. The molecule has 130 valence electrons. The minimum Gasteiger partial charge on any atom is -0.383 e.